The Hall–Kier alpha value is 0.844. The van der Waals surface area contributed by atoms with Gasteiger partial charge < -0.3 is 24.8 Å². The van der Waals surface area contributed by atoms with Crippen molar-refractivity contribution in [3.8, 4) is 0 Å². The predicted octanol–water partition coefficient (Wildman–Crippen LogP) is 2.81. The average molecular weight is 660 g/mol. The van der Waals surface area contributed by atoms with Crippen molar-refractivity contribution >= 4 is 16.1 Å². The molecule has 0 saturated carbocycles. The molecule has 0 radical (unpaired) electrons. The molecule has 0 nitrogen and oxygen atoms in total. The van der Waals surface area contributed by atoms with Crippen LogP contribution in [-0.2, 0) is 22.9 Å². The molecule has 2 heterocycles. The van der Waals surface area contributed by atoms with Crippen molar-refractivity contribution in [1.82, 2.24) is 0 Å². The van der Waals surface area contributed by atoms with Crippen molar-refractivity contribution in [3.05, 3.63) is 46.8 Å². The molecular weight excluding hydrogens is 618 g/mol. The van der Waals surface area contributed by atoms with Gasteiger partial charge in [-0.05, 0) is 0 Å². The smallest absolute Gasteiger partial charge is 1.00 e. The van der Waals surface area contributed by atoms with Gasteiger partial charge in [0.1, 0.15) is 0 Å². The Labute approximate surface area is 218 Å². The molecule has 2 aliphatic carbocycles. The van der Waals surface area contributed by atoms with Crippen molar-refractivity contribution in [2.75, 3.05) is 0 Å². The van der Waals surface area contributed by atoms with E-state index in [1.807, 2.05) is 10.4 Å². The van der Waals surface area contributed by atoms with Crippen LogP contribution in [0.25, 0.3) is 0 Å². The van der Waals surface area contributed by atoms with E-state index < -0.39 is 39.1 Å². The van der Waals surface area contributed by atoms with Crippen molar-refractivity contribution in [1.29, 1.82) is 0 Å². The molecule has 2 atom stereocenters. The maximum Gasteiger partial charge on any atom is -1.00 e. The van der Waals surface area contributed by atoms with Crippen LogP contribution >= 0.6 is 0 Å². The van der Waals surface area contributed by atoms with E-state index in [0.29, 0.717) is 6.34 Å². The van der Waals surface area contributed by atoms with Crippen molar-refractivity contribution in [2.45, 2.75) is 109 Å². The van der Waals surface area contributed by atoms with Gasteiger partial charge in [-0.15, -0.1) is 0 Å². The van der Waals surface area contributed by atoms with Gasteiger partial charge in [0.25, 0.3) is 0 Å². The van der Waals surface area contributed by atoms with E-state index >= 15 is 0 Å². The summed E-state index contributed by atoms with van der Waals surface area (Å²) >= 11 is -0.918. The Morgan fingerprint density at radius 2 is 1.13 bits per heavy atom. The summed E-state index contributed by atoms with van der Waals surface area (Å²) in [4.78, 5) is 0. The predicted molar refractivity (Wildman–Crippen MR) is 131 cm³/mol. The van der Waals surface area contributed by atoms with Gasteiger partial charge >= 0.3 is 195 Å². The van der Waals surface area contributed by atoms with Crippen LogP contribution in [-0.4, -0.2) is 16.1 Å². The molecule has 31 heavy (non-hydrogen) atoms. The summed E-state index contributed by atoms with van der Waals surface area (Å²) in [7, 11) is -2.15. The summed E-state index contributed by atoms with van der Waals surface area (Å²) < 4.78 is 0.917. The molecule has 5 heteroatoms. The van der Waals surface area contributed by atoms with E-state index in [1.54, 1.807) is 36.3 Å². The minimum atomic E-state index is -1.08. The van der Waals surface area contributed by atoms with Crippen LogP contribution < -0.4 is 24.8 Å². The largest absolute Gasteiger partial charge is 1.00 e. The normalized spacial score (nSPS) is 31.5. The summed E-state index contributed by atoms with van der Waals surface area (Å²) in [6.07, 6.45) is 25.0. The van der Waals surface area contributed by atoms with Crippen LogP contribution in [0.1, 0.15) is 66.2 Å². The zero-order valence-electron chi connectivity index (χ0n) is 20.2. The van der Waals surface area contributed by atoms with Crippen LogP contribution in [0.5, 0.6) is 0 Å². The van der Waals surface area contributed by atoms with Gasteiger partial charge in [0.2, 0.25) is 0 Å². The van der Waals surface area contributed by atoms with E-state index in [-0.39, 0.29) is 24.8 Å². The molecule has 2 fully saturated rings. The topological polar surface area (TPSA) is 0 Å². The first-order valence-electron chi connectivity index (χ1n) is 12.5. The zero-order valence-corrected chi connectivity index (χ0v) is 27.3. The Morgan fingerprint density at radius 3 is 1.42 bits per heavy atom. The second kappa shape index (κ2) is 11.1. The fraction of sp³-hybridized carbons (Fsp3) is 0.692. The maximum atomic E-state index is 2.83. The molecule has 2 unspecified atom stereocenters. The van der Waals surface area contributed by atoms with Crippen LogP contribution in [0.4, 0.5) is 0 Å². The first kappa shape index (κ1) is 28.1. The maximum absolute atomic E-state index is 2.83. The summed E-state index contributed by atoms with van der Waals surface area (Å²) in [5, 5.41) is 3.74. The molecule has 0 N–H and O–H groups in total. The third-order valence-corrected chi connectivity index (χ3v) is 25.6. The molecule has 0 amide bonds. The molecular formula is C26H42Cl2HfSi2. The van der Waals surface area contributed by atoms with Crippen LogP contribution in [0.3, 0.4) is 0 Å². The summed E-state index contributed by atoms with van der Waals surface area (Å²) in [5.74, 6) is 0. The van der Waals surface area contributed by atoms with E-state index in [0.717, 1.165) is 0 Å². The molecule has 4 aliphatic rings. The van der Waals surface area contributed by atoms with E-state index in [4.69, 9.17) is 0 Å². The first-order valence-corrected chi connectivity index (χ1v) is 21.3. The standard InChI is InChI=1S/2C13H21Si.2ClH.Hf/c2*1-3-4-8-14(9-5-10-14)13-7-6-12(2)11-13;;;/h2*6-7,11H,3-5,8-10H2,1-2H3;2*1H;/q;;;;+2/p-2. The van der Waals surface area contributed by atoms with E-state index in [1.165, 1.54) is 38.5 Å². The van der Waals surface area contributed by atoms with Gasteiger partial charge in [-0.1, -0.05) is 0 Å². The quantitative estimate of drug-likeness (QED) is 0.317. The Balaban J connectivity index is 0.00000171. The monoisotopic (exact) mass is 660 g/mol. The summed E-state index contributed by atoms with van der Waals surface area (Å²) in [6, 6.07) is 9.46. The molecule has 172 valence electrons. The first-order chi connectivity index (χ1) is 13.9. The molecule has 0 aromatic carbocycles. The van der Waals surface area contributed by atoms with Crippen LogP contribution in [0.15, 0.2) is 46.8 Å². The van der Waals surface area contributed by atoms with Crippen molar-refractivity contribution < 1.29 is 47.7 Å². The molecule has 2 saturated heterocycles. The number of halogens is 2. The minimum Gasteiger partial charge on any atom is -1.00 e. The number of allylic oxidation sites excluding steroid dienone is 8. The molecule has 0 spiro atoms. The van der Waals surface area contributed by atoms with Gasteiger partial charge in [0, 0.05) is 0 Å². The fourth-order valence-electron chi connectivity index (χ4n) is 6.36. The van der Waals surface area contributed by atoms with Gasteiger partial charge in [-0.25, -0.2) is 0 Å². The summed E-state index contributed by atoms with van der Waals surface area (Å²) in [6.45, 7) is 9.93. The SMILES string of the molecule is CCCC[Si]1(C2=C[C](C)([Hf+2][C]3(C)C=CC([Si]4(CCCC)CCC4)=C3)C=C2)CCC1.[Cl-].[Cl-]. The van der Waals surface area contributed by atoms with Crippen LogP contribution in [0.2, 0.25) is 42.6 Å². The van der Waals surface area contributed by atoms with Gasteiger partial charge in [0.05, 0.1) is 0 Å². The molecule has 2 aliphatic heterocycles. The molecule has 0 aromatic heterocycles. The van der Waals surface area contributed by atoms with Gasteiger partial charge in [0.15, 0.2) is 0 Å². The number of rotatable bonds is 10. The minimum absolute atomic E-state index is 0. The summed E-state index contributed by atoms with van der Waals surface area (Å²) in [5.41, 5.74) is 0. The average Bonchev–Trinajstić information content (AvgIpc) is 3.17. The second-order valence-electron chi connectivity index (χ2n) is 11.0. The van der Waals surface area contributed by atoms with Crippen molar-refractivity contribution in [2.24, 2.45) is 0 Å². The van der Waals surface area contributed by atoms with Gasteiger partial charge in [-0.3, -0.25) is 0 Å². The second-order valence-corrected chi connectivity index (χ2v) is 28.9. The number of unbranched alkanes of at least 4 members (excludes halogenated alkanes) is 2. The fourth-order valence-corrected chi connectivity index (χ4v) is 23.7. The van der Waals surface area contributed by atoms with Crippen molar-refractivity contribution in [3.63, 3.8) is 0 Å². The molecule has 4 rings (SSSR count). The third kappa shape index (κ3) is 5.74. The third-order valence-electron chi connectivity index (χ3n) is 8.53. The molecule has 0 bridgehead atoms. The Kier molecular flexibility index (Phi) is 10.0. The number of hydrogen-bond acceptors (Lipinski definition) is 0. The number of hydrogen-bond donors (Lipinski definition) is 0. The van der Waals surface area contributed by atoms with E-state index in [2.05, 4.69) is 64.2 Å². The molecule has 0 aromatic rings. The van der Waals surface area contributed by atoms with Crippen LogP contribution in [0, 0.1) is 0 Å². The zero-order chi connectivity index (χ0) is 20.6. The van der Waals surface area contributed by atoms with Gasteiger partial charge in [-0.2, -0.15) is 0 Å². The Bertz CT molecular complexity index is 687. The Morgan fingerprint density at radius 1 is 0.742 bits per heavy atom. The van der Waals surface area contributed by atoms with E-state index in [9.17, 15) is 0 Å².